The summed E-state index contributed by atoms with van der Waals surface area (Å²) in [5, 5.41) is 2.07. The number of hydrogen-bond acceptors (Lipinski definition) is 4. The first-order valence-corrected chi connectivity index (χ1v) is 8.58. The number of piperazine rings is 1. The number of halogens is 2. The van der Waals surface area contributed by atoms with Gasteiger partial charge in [0.25, 0.3) is 5.91 Å². The van der Waals surface area contributed by atoms with Gasteiger partial charge in [0.15, 0.2) is 0 Å². The second kappa shape index (κ2) is 7.72. The Kier molecular flexibility index (Phi) is 5.42. The van der Waals surface area contributed by atoms with E-state index in [1.807, 2.05) is 6.07 Å². The van der Waals surface area contributed by atoms with Crippen LogP contribution < -0.4 is 4.74 Å². The zero-order valence-electron chi connectivity index (χ0n) is 13.0. The summed E-state index contributed by atoms with van der Waals surface area (Å²) in [6.07, 6.45) is 0. The average Bonchev–Trinajstić information content (AvgIpc) is 3.08. The van der Waals surface area contributed by atoms with Gasteiger partial charge in [0.1, 0.15) is 5.75 Å². The fraction of sp³-hybridized carbons (Fsp3) is 0.353. The van der Waals surface area contributed by atoms with Crippen LogP contribution >= 0.6 is 11.3 Å². The maximum absolute atomic E-state index is 12.5. The Balaban J connectivity index is 1.53. The van der Waals surface area contributed by atoms with E-state index in [2.05, 4.69) is 21.1 Å². The van der Waals surface area contributed by atoms with Gasteiger partial charge >= 0.3 is 6.61 Å². The van der Waals surface area contributed by atoms with Crippen molar-refractivity contribution in [2.24, 2.45) is 0 Å². The number of carbonyl (C=O) groups excluding carboxylic acids is 1. The van der Waals surface area contributed by atoms with Gasteiger partial charge < -0.3 is 9.64 Å². The zero-order valence-corrected chi connectivity index (χ0v) is 13.8. The number of hydrogen-bond donors (Lipinski definition) is 0. The lowest BCUT2D eigenvalue weighted by Crippen LogP contribution is -2.48. The number of thiophene rings is 1. The van der Waals surface area contributed by atoms with Gasteiger partial charge in [-0.05, 0) is 35.7 Å². The Bertz CT molecular complexity index is 654. The molecule has 7 heteroatoms. The first-order valence-electron chi connectivity index (χ1n) is 7.71. The lowest BCUT2D eigenvalue weighted by molar-refractivity contribution is -0.0498. The Hall–Kier alpha value is -1.99. The molecule has 2 heterocycles. The van der Waals surface area contributed by atoms with Crippen LogP contribution in [0.15, 0.2) is 41.8 Å². The zero-order chi connectivity index (χ0) is 16.9. The molecule has 24 heavy (non-hydrogen) atoms. The van der Waals surface area contributed by atoms with Gasteiger partial charge in [0, 0.05) is 43.2 Å². The van der Waals surface area contributed by atoms with Crippen molar-refractivity contribution in [1.82, 2.24) is 9.80 Å². The molecule has 0 bridgehead atoms. The smallest absolute Gasteiger partial charge is 0.387 e. The van der Waals surface area contributed by atoms with Crippen LogP contribution in [-0.4, -0.2) is 48.5 Å². The molecular formula is C17H18F2N2O2S. The molecule has 0 aliphatic carbocycles. The molecule has 0 radical (unpaired) electrons. The molecule has 2 aromatic rings. The van der Waals surface area contributed by atoms with Gasteiger partial charge in [0.05, 0.1) is 0 Å². The van der Waals surface area contributed by atoms with Gasteiger partial charge in [-0.25, -0.2) is 0 Å². The summed E-state index contributed by atoms with van der Waals surface area (Å²) in [6, 6.07) is 10.0. The lowest BCUT2D eigenvalue weighted by Gasteiger charge is -2.34. The fourth-order valence-corrected chi connectivity index (χ4v) is 3.44. The highest BCUT2D eigenvalue weighted by Gasteiger charge is 2.22. The third kappa shape index (κ3) is 4.30. The largest absolute Gasteiger partial charge is 0.435 e. The molecule has 128 valence electrons. The molecule has 1 aliphatic heterocycles. The van der Waals surface area contributed by atoms with Gasteiger partial charge in [-0.3, -0.25) is 9.69 Å². The van der Waals surface area contributed by atoms with E-state index in [9.17, 15) is 13.6 Å². The molecule has 0 unspecified atom stereocenters. The van der Waals surface area contributed by atoms with E-state index >= 15 is 0 Å². The number of carbonyl (C=O) groups is 1. The van der Waals surface area contributed by atoms with Crippen molar-refractivity contribution in [3.8, 4) is 5.75 Å². The highest BCUT2D eigenvalue weighted by molar-refractivity contribution is 7.09. The van der Waals surface area contributed by atoms with Crippen LogP contribution in [0.1, 0.15) is 15.2 Å². The van der Waals surface area contributed by atoms with E-state index in [1.165, 1.54) is 29.1 Å². The minimum absolute atomic E-state index is 0.0577. The molecule has 0 saturated carbocycles. The molecule has 3 rings (SSSR count). The fourth-order valence-electron chi connectivity index (χ4n) is 2.69. The number of ether oxygens (including phenoxy) is 1. The van der Waals surface area contributed by atoms with Gasteiger partial charge in [-0.15, -0.1) is 11.3 Å². The van der Waals surface area contributed by atoms with Crippen molar-refractivity contribution < 1.29 is 18.3 Å². The molecule has 1 aliphatic rings. The first-order chi connectivity index (χ1) is 11.6. The molecule has 0 atom stereocenters. The molecule has 4 nitrogen and oxygen atoms in total. The Morgan fingerprint density at radius 2 is 1.83 bits per heavy atom. The molecule has 1 saturated heterocycles. The summed E-state index contributed by atoms with van der Waals surface area (Å²) < 4.78 is 28.6. The van der Waals surface area contributed by atoms with E-state index in [4.69, 9.17) is 0 Å². The number of benzene rings is 1. The molecule has 0 spiro atoms. The summed E-state index contributed by atoms with van der Waals surface area (Å²) in [6.45, 7) is 1.05. The van der Waals surface area contributed by atoms with E-state index in [1.54, 1.807) is 16.2 Å². The van der Waals surface area contributed by atoms with E-state index in [-0.39, 0.29) is 11.7 Å². The van der Waals surface area contributed by atoms with Crippen molar-refractivity contribution in [3.63, 3.8) is 0 Å². The molecule has 0 N–H and O–H groups in total. The van der Waals surface area contributed by atoms with Crippen LogP contribution in [0, 0.1) is 0 Å². The highest BCUT2D eigenvalue weighted by Crippen LogP contribution is 2.18. The normalized spacial score (nSPS) is 15.7. The van der Waals surface area contributed by atoms with Crippen LogP contribution in [0.2, 0.25) is 0 Å². The second-order valence-corrected chi connectivity index (χ2v) is 6.58. The van der Waals surface area contributed by atoms with E-state index < -0.39 is 6.61 Å². The maximum Gasteiger partial charge on any atom is 0.387 e. The summed E-state index contributed by atoms with van der Waals surface area (Å²) >= 11 is 1.74. The third-order valence-electron chi connectivity index (χ3n) is 3.95. The number of alkyl halides is 2. The van der Waals surface area contributed by atoms with Crippen LogP contribution in [-0.2, 0) is 6.54 Å². The Labute approximate surface area is 143 Å². The topological polar surface area (TPSA) is 32.8 Å². The van der Waals surface area contributed by atoms with Crippen molar-refractivity contribution in [3.05, 3.63) is 52.2 Å². The summed E-state index contributed by atoms with van der Waals surface area (Å²) in [4.78, 5) is 17.9. The molecule has 1 aromatic carbocycles. The minimum atomic E-state index is -2.86. The van der Waals surface area contributed by atoms with Crippen molar-refractivity contribution in [1.29, 1.82) is 0 Å². The van der Waals surface area contributed by atoms with Crippen LogP contribution in [0.4, 0.5) is 8.78 Å². The molecular weight excluding hydrogens is 334 g/mol. The monoisotopic (exact) mass is 352 g/mol. The SMILES string of the molecule is O=C(c1ccc(OC(F)F)cc1)N1CCN(Cc2cccs2)CC1. The molecule has 1 aromatic heterocycles. The van der Waals surface area contributed by atoms with Crippen molar-refractivity contribution in [2.45, 2.75) is 13.2 Å². The third-order valence-corrected chi connectivity index (χ3v) is 4.81. The van der Waals surface area contributed by atoms with Crippen LogP contribution in [0.5, 0.6) is 5.75 Å². The van der Waals surface area contributed by atoms with Crippen molar-refractivity contribution >= 4 is 17.2 Å². The molecule has 1 fully saturated rings. The quantitative estimate of drug-likeness (QED) is 0.828. The minimum Gasteiger partial charge on any atom is -0.435 e. The number of nitrogens with zero attached hydrogens (tertiary/aromatic N) is 2. The van der Waals surface area contributed by atoms with E-state index in [0.717, 1.165) is 19.6 Å². The van der Waals surface area contributed by atoms with Crippen LogP contribution in [0.25, 0.3) is 0 Å². The maximum atomic E-state index is 12.5. The van der Waals surface area contributed by atoms with Crippen molar-refractivity contribution in [2.75, 3.05) is 26.2 Å². The Morgan fingerprint density at radius 1 is 1.12 bits per heavy atom. The lowest BCUT2D eigenvalue weighted by atomic mass is 10.1. The number of rotatable bonds is 5. The summed E-state index contributed by atoms with van der Waals surface area (Å²) in [5.74, 6) is -0.0170. The average molecular weight is 352 g/mol. The van der Waals surface area contributed by atoms with E-state index in [0.29, 0.717) is 18.7 Å². The summed E-state index contributed by atoms with van der Waals surface area (Å²) in [5.41, 5.74) is 0.489. The summed E-state index contributed by atoms with van der Waals surface area (Å²) in [7, 11) is 0. The Morgan fingerprint density at radius 3 is 2.42 bits per heavy atom. The predicted molar refractivity (Wildman–Crippen MR) is 88.6 cm³/mol. The second-order valence-electron chi connectivity index (χ2n) is 5.55. The number of amides is 1. The van der Waals surface area contributed by atoms with Gasteiger partial charge in [0.2, 0.25) is 0 Å². The van der Waals surface area contributed by atoms with Gasteiger partial charge in [-0.2, -0.15) is 8.78 Å². The molecule has 1 amide bonds. The predicted octanol–water partition coefficient (Wildman–Crippen LogP) is 3.31. The van der Waals surface area contributed by atoms with Gasteiger partial charge in [-0.1, -0.05) is 6.07 Å². The standard InChI is InChI=1S/C17H18F2N2O2S/c18-17(19)23-14-5-3-13(4-6-14)16(22)21-9-7-20(8-10-21)12-15-2-1-11-24-15/h1-6,11,17H,7-10,12H2. The van der Waals surface area contributed by atoms with Crippen LogP contribution in [0.3, 0.4) is 0 Å². The first kappa shape index (κ1) is 16.9. The highest BCUT2D eigenvalue weighted by atomic mass is 32.1.